The van der Waals surface area contributed by atoms with E-state index in [0.717, 1.165) is 29.3 Å². The van der Waals surface area contributed by atoms with Crippen LogP contribution in [0.25, 0.3) is 0 Å². The quantitative estimate of drug-likeness (QED) is 0.689. The fraction of sp³-hybridized carbons (Fsp3) is 0.385. The van der Waals surface area contributed by atoms with E-state index < -0.39 is 0 Å². The number of hydrogen-bond acceptors (Lipinski definition) is 3. The van der Waals surface area contributed by atoms with Crippen molar-refractivity contribution >= 4 is 12.6 Å². The van der Waals surface area contributed by atoms with E-state index >= 15 is 0 Å². The van der Waals surface area contributed by atoms with Crippen LogP contribution in [-0.2, 0) is 9.53 Å². The number of hydrogen-bond donors (Lipinski definition) is 0. The van der Waals surface area contributed by atoms with Crippen molar-refractivity contribution in [3.63, 3.8) is 0 Å². The minimum Gasteiger partial charge on any atom is -0.388 e. The number of carbonyl (C=O) groups is 2. The molecule has 0 heterocycles. The number of carbonyl (C=O) groups excluding carboxylic acids is 2. The summed E-state index contributed by atoms with van der Waals surface area (Å²) < 4.78 is 4.25. The van der Waals surface area contributed by atoms with Gasteiger partial charge in [0.25, 0.3) is 0 Å². The average Bonchev–Trinajstić information content (AvgIpc) is 2.24. The molecule has 16 heavy (non-hydrogen) atoms. The number of methoxy groups -OCH3 is 1. The zero-order chi connectivity index (χ0) is 13.0. The molecule has 0 atom stereocenters. The maximum atomic E-state index is 10.4. The second-order valence-electron chi connectivity index (χ2n) is 3.12. The van der Waals surface area contributed by atoms with Gasteiger partial charge in [-0.2, -0.15) is 0 Å². The van der Waals surface area contributed by atoms with Gasteiger partial charge in [0.15, 0.2) is 0 Å². The molecule has 0 aliphatic rings. The molecule has 3 nitrogen and oxygen atoms in total. The van der Waals surface area contributed by atoms with Crippen molar-refractivity contribution in [2.24, 2.45) is 0 Å². The number of benzene rings is 1. The summed E-state index contributed by atoms with van der Waals surface area (Å²) >= 11 is 0. The van der Waals surface area contributed by atoms with Crippen LogP contribution in [0.4, 0.5) is 0 Å². The first kappa shape index (κ1) is 16.9. The Morgan fingerprint density at radius 1 is 1.12 bits per heavy atom. The lowest BCUT2D eigenvalue weighted by molar-refractivity contribution is -0.106. The SMILES string of the molecule is CC=O.COC.Cc1ccc(C)c(C=O)c1. The second-order valence-corrected chi connectivity index (χ2v) is 3.12. The maximum Gasteiger partial charge on any atom is 0.150 e. The average molecular weight is 224 g/mol. The standard InChI is InChI=1S/C9H10O.C2H6O.C2H4O/c1-7-3-4-8(2)9(5-7)6-10;1-3-2;1-2-3/h3-6H,1-2H3;1-2H3;2H,1H3. The highest BCUT2D eigenvalue weighted by Crippen LogP contribution is 2.07. The molecule has 0 amide bonds. The summed E-state index contributed by atoms with van der Waals surface area (Å²) in [6.07, 6.45) is 1.64. The zero-order valence-electron chi connectivity index (χ0n) is 10.6. The third-order valence-corrected chi connectivity index (χ3v) is 1.56. The first-order valence-corrected chi connectivity index (χ1v) is 4.89. The molecule has 0 bridgehead atoms. The van der Waals surface area contributed by atoms with E-state index in [9.17, 15) is 4.79 Å². The van der Waals surface area contributed by atoms with Gasteiger partial charge < -0.3 is 9.53 Å². The number of ether oxygens (including phenoxy) is 1. The molecular formula is C13H20O3. The molecule has 1 aromatic carbocycles. The maximum absolute atomic E-state index is 10.4. The minimum atomic E-state index is 0.750. The second kappa shape index (κ2) is 11.6. The molecule has 0 unspecified atom stereocenters. The molecule has 0 fully saturated rings. The minimum absolute atomic E-state index is 0.750. The highest BCUT2D eigenvalue weighted by molar-refractivity contribution is 5.77. The van der Waals surface area contributed by atoms with Crippen LogP contribution in [0.2, 0.25) is 0 Å². The Hall–Kier alpha value is -1.48. The Morgan fingerprint density at radius 2 is 1.56 bits per heavy atom. The van der Waals surface area contributed by atoms with E-state index in [4.69, 9.17) is 4.79 Å². The summed E-state index contributed by atoms with van der Waals surface area (Å²) in [5, 5.41) is 0. The molecular weight excluding hydrogens is 204 g/mol. The number of aldehydes is 2. The van der Waals surface area contributed by atoms with Crippen LogP contribution in [0.3, 0.4) is 0 Å². The van der Waals surface area contributed by atoms with E-state index in [-0.39, 0.29) is 0 Å². The predicted molar refractivity (Wildman–Crippen MR) is 66.0 cm³/mol. The Morgan fingerprint density at radius 3 is 1.88 bits per heavy atom. The van der Waals surface area contributed by atoms with E-state index in [0.29, 0.717) is 0 Å². The molecule has 90 valence electrons. The van der Waals surface area contributed by atoms with Crippen LogP contribution < -0.4 is 0 Å². The summed E-state index contributed by atoms with van der Waals surface area (Å²) in [5.41, 5.74) is 2.97. The van der Waals surface area contributed by atoms with Crippen LogP contribution in [0, 0.1) is 13.8 Å². The van der Waals surface area contributed by atoms with Crippen LogP contribution in [0.15, 0.2) is 18.2 Å². The normalized spacial score (nSPS) is 7.81. The molecule has 0 saturated carbocycles. The van der Waals surface area contributed by atoms with Gasteiger partial charge in [-0.3, -0.25) is 4.79 Å². The van der Waals surface area contributed by atoms with Gasteiger partial charge in [0.2, 0.25) is 0 Å². The van der Waals surface area contributed by atoms with Gasteiger partial charge in [-0.1, -0.05) is 17.7 Å². The molecule has 1 aromatic rings. The first-order valence-electron chi connectivity index (χ1n) is 4.89. The van der Waals surface area contributed by atoms with E-state index in [1.165, 1.54) is 6.92 Å². The summed E-state index contributed by atoms with van der Waals surface area (Å²) in [6, 6.07) is 5.85. The van der Waals surface area contributed by atoms with Crippen molar-refractivity contribution in [3.8, 4) is 0 Å². The highest BCUT2D eigenvalue weighted by atomic mass is 16.4. The van der Waals surface area contributed by atoms with Crippen molar-refractivity contribution in [1.82, 2.24) is 0 Å². The molecule has 0 aliphatic heterocycles. The van der Waals surface area contributed by atoms with Crippen LogP contribution in [0.1, 0.15) is 28.4 Å². The first-order chi connectivity index (χ1) is 7.56. The topological polar surface area (TPSA) is 43.4 Å². The van der Waals surface area contributed by atoms with Crippen LogP contribution >= 0.6 is 0 Å². The summed E-state index contributed by atoms with van der Waals surface area (Å²) in [5.74, 6) is 0. The van der Waals surface area contributed by atoms with E-state index in [1.807, 2.05) is 32.0 Å². The largest absolute Gasteiger partial charge is 0.388 e. The lowest BCUT2D eigenvalue weighted by Gasteiger charge is -1.97. The highest BCUT2D eigenvalue weighted by Gasteiger charge is 1.94. The van der Waals surface area contributed by atoms with Gasteiger partial charge in [0.1, 0.15) is 12.6 Å². The van der Waals surface area contributed by atoms with Gasteiger partial charge in [-0.25, -0.2) is 0 Å². The Bertz CT molecular complexity index is 306. The molecule has 0 spiro atoms. The summed E-state index contributed by atoms with van der Waals surface area (Å²) in [4.78, 5) is 19.2. The van der Waals surface area contributed by atoms with Gasteiger partial charge in [-0.15, -0.1) is 0 Å². The molecule has 3 heteroatoms. The van der Waals surface area contributed by atoms with Crippen molar-refractivity contribution in [2.45, 2.75) is 20.8 Å². The summed E-state index contributed by atoms with van der Waals surface area (Å²) in [7, 11) is 3.25. The van der Waals surface area contributed by atoms with Gasteiger partial charge in [0, 0.05) is 19.8 Å². The van der Waals surface area contributed by atoms with Crippen molar-refractivity contribution in [2.75, 3.05) is 14.2 Å². The fourth-order valence-corrected chi connectivity index (χ4v) is 0.887. The van der Waals surface area contributed by atoms with Gasteiger partial charge >= 0.3 is 0 Å². The fourth-order valence-electron chi connectivity index (χ4n) is 0.887. The van der Waals surface area contributed by atoms with Crippen molar-refractivity contribution in [1.29, 1.82) is 0 Å². The molecule has 0 radical (unpaired) electrons. The molecule has 0 aliphatic carbocycles. The Balaban J connectivity index is 0. The number of rotatable bonds is 1. The zero-order valence-corrected chi connectivity index (χ0v) is 10.6. The van der Waals surface area contributed by atoms with E-state index in [1.54, 1.807) is 14.2 Å². The van der Waals surface area contributed by atoms with Crippen LogP contribution in [-0.4, -0.2) is 26.8 Å². The molecule has 0 N–H and O–H groups in total. The van der Waals surface area contributed by atoms with Crippen molar-refractivity contribution < 1.29 is 14.3 Å². The smallest absolute Gasteiger partial charge is 0.150 e. The van der Waals surface area contributed by atoms with Gasteiger partial charge in [-0.05, 0) is 32.4 Å². The Kier molecular flexibility index (Phi) is 12.3. The van der Waals surface area contributed by atoms with Crippen molar-refractivity contribution in [3.05, 3.63) is 34.9 Å². The lowest BCUT2D eigenvalue weighted by atomic mass is 10.1. The number of aryl methyl sites for hydroxylation is 2. The molecule has 1 rings (SSSR count). The lowest BCUT2D eigenvalue weighted by Crippen LogP contribution is -1.85. The Labute approximate surface area is 97.4 Å². The van der Waals surface area contributed by atoms with Crippen LogP contribution in [0.5, 0.6) is 0 Å². The predicted octanol–water partition coefficient (Wildman–Crippen LogP) is 2.58. The third kappa shape index (κ3) is 9.09. The van der Waals surface area contributed by atoms with E-state index in [2.05, 4.69) is 4.74 Å². The third-order valence-electron chi connectivity index (χ3n) is 1.56. The molecule has 0 aromatic heterocycles. The monoisotopic (exact) mass is 224 g/mol. The van der Waals surface area contributed by atoms with Gasteiger partial charge in [0.05, 0.1) is 0 Å². The molecule has 0 saturated heterocycles. The summed E-state index contributed by atoms with van der Waals surface area (Å²) in [6.45, 7) is 5.36.